The van der Waals surface area contributed by atoms with Crippen LogP contribution in [-0.4, -0.2) is 31.4 Å². The van der Waals surface area contributed by atoms with E-state index in [0.29, 0.717) is 25.4 Å². The zero-order chi connectivity index (χ0) is 21.4. The van der Waals surface area contributed by atoms with Gasteiger partial charge in [-0.25, -0.2) is 14.0 Å². The Labute approximate surface area is 179 Å². The molecule has 1 aliphatic carbocycles. The summed E-state index contributed by atoms with van der Waals surface area (Å²) in [6.45, 7) is 0.707. The number of para-hydroxylation sites is 2. The number of aryl methyl sites for hydroxylation is 1. The summed E-state index contributed by atoms with van der Waals surface area (Å²) in [5, 5.41) is 8.61. The van der Waals surface area contributed by atoms with Gasteiger partial charge in [-0.2, -0.15) is 5.10 Å². The Morgan fingerprint density at radius 3 is 2.61 bits per heavy atom. The Bertz CT molecular complexity index is 1290. The van der Waals surface area contributed by atoms with Crippen LogP contribution in [0.25, 0.3) is 16.6 Å². The van der Waals surface area contributed by atoms with E-state index in [0.717, 1.165) is 40.8 Å². The maximum absolute atomic E-state index is 13.0. The number of hydrogen-bond donors (Lipinski definition) is 1. The van der Waals surface area contributed by atoms with E-state index in [4.69, 9.17) is 0 Å². The molecule has 0 atom stereocenters. The highest BCUT2D eigenvalue weighted by molar-refractivity contribution is 5.89. The lowest BCUT2D eigenvalue weighted by atomic mass is 10.1. The summed E-state index contributed by atoms with van der Waals surface area (Å²) < 4.78 is 5.21. The molecule has 2 aromatic heterocycles. The van der Waals surface area contributed by atoms with Crippen molar-refractivity contribution in [2.24, 2.45) is 7.05 Å². The zero-order valence-corrected chi connectivity index (χ0v) is 17.5. The summed E-state index contributed by atoms with van der Waals surface area (Å²) in [4.78, 5) is 25.5. The second kappa shape index (κ2) is 7.91. The fourth-order valence-electron chi connectivity index (χ4n) is 4.10. The molecule has 7 nitrogen and oxygen atoms in total. The van der Waals surface area contributed by atoms with Gasteiger partial charge in [0.1, 0.15) is 5.82 Å². The van der Waals surface area contributed by atoms with Crippen LogP contribution >= 0.6 is 0 Å². The standard InChI is InChI=1S/C24H25N5O2/c1-27-16-18(20-9-5-6-10-21(20)27)15-22(30)25-13-14-28-24(31)29(19-7-3-2-4-8-19)23(26-28)17-11-12-17/h2-10,16-17H,11-15H2,1H3,(H,25,30). The molecule has 0 spiro atoms. The lowest BCUT2D eigenvalue weighted by molar-refractivity contribution is -0.120. The molecule has 2 heterocycles. The Morgan fingerprint density at radius 1 is 1.10 bits per heavy atom. The monoisotopic (exact) mass is 415 g/mol. The number of carbonyl (C=O) groups is 1. The SMILES string of the molecule is Cn1cc(CC(=O)NCCn2nc(C3CC3)n(-c3ccccc3)c2=O)c2ccccc21. The van der Waals surface area contributed by atoms with Gasteiger partial charge < -0.3 is 9.88 Å². The van der Waals surface area contributed by atoms with E-state index in [1.807, 2.05) is 72.4 Å². The van der Waals surface area contributed by atoms with Crippen molar-refractivity contribution in [3.63, 3.8) is 0 Å². The minimum atomic E-state index is -0.156. The second-order valence-corrected chi connectivity index (χ2v) is 8.12. The van der Waals surface area contributed by atoms with Crippen molar-refractivity contribution in [3.05, 3.63) is 82.7 Å². The van der Waals surface area contributed by atoms with E-state index in [-0.39, 0.29) is 11.6 Å². The molecular formula is C24H25N5O2. The molecule has 0 radical (unpaired) electrons. The van der Waals surface area contributed by atoms with Gasteiger partial charge in [-0.15, -0.1) is 0 Å². The van der Waals surface area contributed by atoms with Gasteiger partial charge in [-0.3, -0.25) is 4.79 Å². The van der Waals surface area contributed by atoms with Gasteiger partial charge in [0.25, 0.3) is 0 Å². The molecule has 31 heavy (non-hydrogen) atoms. The third kappa shape index (κ3) is 3.79. The predicted molar refractivity (Wildman–Crippen MR) is 119 cm³/mol. The van der Waals surface area contributed by atoms with Crippen LogP contribution in [0, 0.1) is 0 Å². The molecule has 1 saturated carbocycles. The summed E-state index contributed by atoms with van der Waals surface area (Å²) >= 11 is 0. The van der Waals surface area contributed by atoms with Crippen molar-refractivity contribution in [2.75, 3.05) is 6.54 Å². The first-order valence-electron chi connectivity index (χ1n) is 10.7. The summed E-state index contributed by atoms with van der Waals surface area (Å²) in [6.07, 6.45) is 4.43. The first-order valence-corrected chi connectivity index (χ1v) is 10.7. The fraction of sp³-hybridized carbons (Fsp3) is 0.292. The number of hydrogen-bond acceptors (Lipinski definition) is 3. The first-order chi connectivity index (χ1) is 15.1. The number of nitrogens with one attached hydrogen (secondary N) is 1. The predicted octanol–water partition coefficient (Wildman–Crippen LogP) is 2.76. The Hall–Kier alpha value is -3.61. The van der Waals surface area contributed by atoms with Crippen molar-refractivity contribution in [2.45, 2.75) is 31.7 Å². The van der Waals surface area contributed by atoms with E-state index in [2.05, 4.69) is 10.4 Å². The van der Waals surface area contributed by atoms with E-state index in [1.165, 1.54) is 4.68 Å². The Balaban J connectivity index is 1.27. The van der Waals surface area contributed by atoms with Crippen LogP contribution < -0.4 is 11.0 Å². The number of nitrogens with zero attached hydrogens (tertiary/aromatic N) is 4. The zero-order valence-electron chi connectivity index (χ0n) is 17.5. The van der Waals surface area contributed by atoms with Crippen molar-refractivity contribution >= 4 is 16.8 Å². The number of benzene rings is 2. The van der Waals surface area contributed by atoms with Crippen LogP contribution in [0.15, 0.2) is 65.6 Å². The summed E-state index contributed by atoms with van der Waals surface area (Å²) in [5.41, 5.74) is 2.78. The molecule has 7 heteroatoms. The molecule has 158 valence electrons. The first kappa shape index (κ1) is 19.4. The maximum Gasteiger partial charge on any atom is 0.350 e. The summed E-state index contributed by atoms with van der Waals surface area (Å²) in [7, 11) is 1.98. The molecule has 4 aromatic rings. The second-order valence-electron chi connectivity index (χ2n) is 8.12. The molecule has 1 aliphatic rings. The number of carbonyl (C=O) groups excluding carboxylic acids is 1. The number of fused-ring (bicyclic) bond motifs is 1. The smallest absolute Gasteiger partial charge is 0.350 e. The average Bonchev–Trinajstić information content (AvgIpc) is 3.51. The van der Waals surface area contributed by atoms with Crippen LogP contribution in [-0.2, 0) is 24.8 Å². The summed E-state index contributed by atoms with van der Waals surface area (Å²) in [5.74, 6) is 1.10. The molecule has 2 aromatic carbocycles. The van der Waals surface area contributed by atoms with Gasteiger partial charge in [0.2, 0.25) is 5.91 Å². The van der Waals surface area contributed by atoms with Crippen molar-refractivity contribution in [3.8, 4) is 5.69 Å². The van der Waals surface area contributed by atoms with Crippen LogP contribution in [0.4, 0.5) is 0 Å². The number of rotatable bonds is 7. The molecule has 0 unspecified atom stereocenters. The number of amides is 1. The molecule has 0 saturated heterocycles. The third-order valence-electron chi connectivity index (χ3n) is 5.80. The third-order valence-corrected chi connectivity index (χ3v) is 5.80. The molecule has 5 rings (SSSR count). The highest BCUT2D eigenvalue weighted by Crippen LogP contribution is 2.39. The molecular weight excluding hydrogens is 390 g/mol. The lowest BCUT2D eigenvalue weighted by Gasteiger charge is -2.05. The van der Waals surface area contributed by atoms with E-state index in [1.54, 1.807) is 4.57 Å². The highest BCUT2D eigenvalue weighted by Gasteiger charge is 2.31. The summed E-state index contributed by atoms with van der Waals surface area (Å²) in [6, 6.07) is 17.7. The van der Waals surface area contributed by atoms with Gasteiger partial charge in [-0.05, 0) is 36.6 Å². The average molecular weight is 415 g/mol. The van der Waals surface area contributed by atoms with E-state index in [9.17, 15) is 9.59 Å². The van der Waals surface area contributed by atoms with Gasteiger partial charge >= 0.3 is 5.69 Å². The van der Waals surface area contributed by atoms with Crippen molar-refractivity contribution in [1.29, 1.82) is 0 Å². The quantitative estimate of drug-likeness (QED) is 0.504. The minimum absolute atomic E-state index is 0.0608. The van der Waals surface area contributed by atoms with Crippen molar-refractivity contribution in [1.82, 2.24) is 24.2 Å². The van der Waals surface area contributed by atoms with Gasteiger partial charge in [0.15, 0.2) is 0 Å². The maximum atomic E-state index is 13.0. The van der Waals surface area contributed by atoms with Crippen LogP contribution in [0.5, 0.6) is 0 Å². The highest BCUT2D eigenvalue weighted by atomic mass is 16.2. The van der Waals surface area contributed by atoms with Crippen molar-refractivity contribution < 1.29 is 4.79 Å². The Kier molecular flexibility index (Phi) is 4.94. The van der Waals surface area contributed by atoms with Crippen LogP contribution in [0.1, 0.15) is 30.1 Å². The molecule has 1 N–H and O–H groups in total. The van der Waals surface area contributed by atoms with Gasteiger partial charge in [0.05, 0.1) is 18.7 Å². The van der Waals surface area contributed by atoms with Crippen LogP contribution in [0.3, 0.4) is 0 Å². The fourth-order valence-corrected chi connectivity index (χ4v) is 4.10. The van der Waals surface area contributed by atoms with Gasteiger partial charge in [-0.1, -0.05) is 36.4 Å². The minimum Gasteiger partial charge on any atom is -0.354 e. The van der Waals surface area contributed by atoms with E-state index >= 15 is 0 Å². The molecule has 1 amide bonds. The van der Waals surface area contributed by atoms with Crippen LogP contribution in [0.2, 0.25) is 0 Å². The molecule has 1 fully saturated rings. The van der Waals surface area contributed by atoms with E-state index < -0.39 is 0 Å². The largest absolute Gasteiger partial charge is 0.354 e. The molecule has 0 aliphatic heterocycles. The molecule has 0 bridgehead atoms. The van der Waals surface area contributed by atoms with Gasteiger partial charge in [0, 0.05) is 36.6 Å². The Morgan fingerprint density at radius 2 is 1.84 bits per heavy atom. The topological polar surface area (TPSA) is 73.8 Å². The number of aromatic nitrogens is 4. The normalized spacial score (nSPS) is 13.6. The lowest BCUT2D eigenvalue weighted by Crippen LogP contribution is -2.32.